The molecule has 0 amide bonds. The number of hydrogen-bond donors (Lipinski definition) is 1. The summed E-state index contributed by atoms with van der Waals surface area (Å²) in [6.07, 6.45) is 1.17. The van der Waals surface area contributed by atoms with Crippen LogP contribution in [0.25, 0.3) is 0 Å². The molecular formula is C17H23NO4S. The lowest BCUT2D eigenvalue weighted by Crippen LogP contribution is -2.22. The van der Waals surface area contributed by atoms with E-state index in [1.165, 1.54) is 13.4 Å². The minimum Gasteiger partial charge on any atom is -0.495 e. The van der Waals surface area contributed by atoms with E-state index >= 15 is 0 Å². The number of rotatable bonds is 6. The van der Waals surface area contributed by atoms with E-state index in [4.69, 9.17) is 9.15 Å². The van der Waals surface area contributed by atoms with E-state index in [-0.39, 0.29) is 17.0 Å². The summed E-state index contributed by atoms with van der Waals surface area (Å²) >= 11 is 0. The molecule has 1 aromatic carbocycles. The Morgan fingerprint density at radius 2 is 1.83 bits per heavy atom. The molecule has 23 heavy (non-hydrogen) atoms. The zero-order chi connectivity index (χ0) is 17.2. The molecule has 6 heteroatoms. The Labute approximate surface area is 137 Å². The second kappa shape index (κ2) is 6.76. The van der Waals surface area contributed by atoms with Crippen LogP contribution in [0, 0.1) is 6.92 Å². The first-order chi connectivity index (χ1) is 10.7. The van der Waals surface area contributed by atoms with Crippen molar-refractivity contribution in [1.29, 1.82) is 0 Å². The quantitative estimate of drug-likeness (QED) is 0.875. The standard InChI is InChI=1S/C17H23NO4S/c1-11-6-8-15(22-11)13(3)18-12(2)14-7-9-17(23(5,19)20)16(10-14)21-4/h6-10,12-13,18H,1-5H3/t12-,13-/m1/s1. The van der Waals surface area contributed by atoms with E-state index < -0.39 is 9.84 Å². The molecule has 0 saturated heterocycles. The van der Waals surface area contributed by atoms with Gasteiger partial charge in [-0.25, -0.2) is 8.42 Å². The molecule has 1 heterocycles. The highest BCUT2D eigenvalue weighted by Gasteiger charge is 2.18. The van der Waals surface area contributed by atoms with Crippen molar-refractivity contribution >= 4 is 9.84 Å². The van der Waals surface area contributed by atoms with Crippen LogP contribution in [0.1, 0.15) is 43.0 Å². The van der Waals surface area contributed by atoms with Gasteiger partial charge in [-0.05, 0) is 50.6 Å². The Morgan fingerprint density at radius 1 is 1.13 bits per heavy atom. The van der Waals surface area contributed by atoms with Crippen molar-refractivity contribution in [2.75, 3.05) is 13.4 Å². The number of aryl methyl sites for hydroxylation is 1. The monoisotopic (exact) mass is 337 g/mol. The average Bonchev–Trinajstić information content (AvgIpc) is 2.92. The molecule has 2 atom stereocenters. The summed E-state index contributed by atoms with van der Waals surface area (Å²) in [5, 5.41) is 3.44. The first-order valence-electron chi connectivity index (χ1n) is 7.42. The minimum absolute atomic E-state index is 0.0120. The smallest absolute Gasteiger partial charge is 0.179 e. The Hall–Kier alpha value is -1.79. The predicted octanol–water partition coefficient (Wildman–Crippen LogP) is 3.41. The second-order valence-electron chi connectivity index (χ2n) is 5.74. The molecule has 0 spiro atoms. The van der Waals surface area contributed by atoms with E-state index in [0.717, 1.165) is 17.1 Å². The fraction of sp³-hybridized carbons (Fsp3) is 0.412. The third-order valence-electron chi connectivity index (χ3n) is 3.78. The molecule has 0 bridgehead atoms. The number of hydrogen-bond acceptors (Lipinski definition) is 5. The molecule has 126 valence electrons. The van der Waals surface area contributed by atoms with Crippen LogP contribution in [0.2, 0.25) is 0 Å². The predicted molar refractivity (Wildman–Crippen MR) is 89.5 cm³/mol. The van der Waals surface area contributed by atoms with Crippen LogP contribution >= 0.6 is 0 Å². The SMILES string of the molecule is COc1cc([C@@H](C)N[C@H](C)c2ccc(C)o2)ccc1S(C)(=O)=O. The van der Waals surface area contributed by atoms with Crippen LogP contribution < -0.4 is 10.1 Å². The van der Waals surface area contributed by atoms with Gasteiger partial charge in [0, 0.05) is 12.3 Å². The van der Waals surface area contributed by atoms with Crippen LogP contribution in [0.3, 0.4) is 0 Å². The maximum absolute atomic E-state index is 11.8. The molecule has 0 aliphatic rings. The topological polar surface area (TPSA) is 68.5 Å². The summed E-state index contributed by atoms with van der Waals surface area (Å²) in [6, 6.07) is 9.08. The highest BCUT2D eigenvalue weighted by atomic mass is 32.2. The summed E-state index contributed by atoms with van der Waals surface area (Å²) in [7, 11) is -1.84. The Bertz CT molecular complexity index is 780. The summed E-state index contributed by atoms with van der Waals surface area (Å²) in [5.74, 6) is 2.11. The fourth-order valence-electron chi connectivity index (χ4n) is 2.50. The molecule has 0 aliphatic carbocycles. The normalized spacial score (nSPS) is 14.5. The Kier molecular flexibility index (Phi) is 5.16. The largest absolute Gasteiger partial charge is 0.495 e. The van der Waals surface area contributed by atoms with E-state index in [0.29, 0.717) is 5.75 Å². The van der Waals surface area contributed by atoms with Gasteiger partial charge in [0.15, 0.2) is 9.84 Å². The lowest BCUT2D eigenvalue weighted by atomic mass is 10.1. The summed E-state index contributed by atoms with van der Waals surface area (Å²) in [5.41, 5.74) is 0.948. The van der Waals surface area contributed by atoms with Crippen molar-refractivity contribution in [1.82, 2.24) is 5.32 Å². The van der Waals surface area contributed by atoms with Crippen molar-refractivity contribution in [3.8, 4) is 5.75 Å². The van der Waals surface area contributed by atoms with E-state index in [1.807, 2.05) is 32.9 Å². The second-order valence-corrected chi connectivity index (χ2v) is 7.73. The molecule has 0 fully saturated rings. The summed E-state index contributed by atoms with van der Waals surface area (Å²) in [4.78, 5) is 0.200. The highest BCUT2D eigenvalue weighted by molar-refractivity contribution is 7.90. The first-order valence-corrected chi connectivity index (χ1v) is 9.32. The molecule has 0 aliphatic heterocycles. The Balaban J connectivity index is 2.21. The third-order valence-corrected chi connectivity index (χ3v) is 4.91. The maximum Gasteiger partial charge on any atom is 0.179 e. The van der Waals surface area contributed by atoms with Gasteiger partial charge in [0.2, 0.25) is 0 Å². The fourth-order valence-corrected chi connectivity index (χ4v) is 3.32. The zero-order valence-corrected chi connectivity index (χ0v) is 14.9. The average molecular weight is 337 g/mol. The van der Waals surface area contributed by atoms with Crippen molar-refractivity contribution in [2.45, 2.75) is 37.8 Å². The van der Waals surface area contributed by atoms with Gasteiger partial charge in [-0.1, -0.05) is 6.07 Å². The molecule has 1 aromatic heterocycles. The molecule has 0 saturated carbocycles. The van der Waals surface area contributed by atoms with Gasteiger partial charge < -0.3 is 14.5 Å². The number of ether oxygens (including phenoxy) is 1. The van der Waals surface area contributed by atoms with Gasteiger partial charge in [0.05, 0.1) is 13.2 Å². The van der Waals surface area contributed by atoms with Crippen molar-refractivity contribution in [2.24, 2.45) is 0 Å². The number of methoxy groups -OCH3 is 1. The van der Waals surface area contributed by atoms with Crippen LogP contribution in [-0.2, 0) is 9.84 Å². The summed E-state index contributed by atoms with van der Waals surface area (Å²) < 4.78 is 34.4. The molecule has 0 radical (unpaired) electrons. The third kappa shape index (κ3) is 4.14. The lowest BCUT2D eigenvalue weighted by molar-refractivity contribution is 0.387. The van der Waals surface area contributed by atoms with Crippen LogP contribution in [-0.4, -0.2) is 21.8 Å². The Morgan fingerprint density at radius 3 is 2.35 bits per heavy atom. The van der Waals surface area contributed by atoms with Gasteiger partial charge in [0.25, 0.3) is 0 Å². The number of benzene rings is 1. The van der Waals surface area contributed by atoms with E-state index in [9.17, 15) is 8.42 Å². The number of sulfone groups is 1. The molecule has 5 nitrogen and oxygen atoms in total. The molecule has 2 rings (SSSR count). The number of nitrogens with one attached hydrogen (secondary N) is 1. The molecular weight excluding hydrogens is 314 g/mol. The van der Waals surface area contributed by atoms with Gasteiger partial charge in [-0.15, -0.1) is 0 Å². The first kappa shape index (κ1) is 17.6. The molecule has 0 unspecified atom stereocenters. The molecule has 1 N–H and O–H groups in total. The van der Waals surface area contributed by atoms with Gasteiger partial charge in [-0.2, -0.15) is 0 Å². The van der Waals surface area contributed by atoms with Gasteiger partial charge >= 0.3 is 0 Å². The van der Waals surface area contributed by atoms with E-state index in [2.05, 4.69) is 5.32 Å². The maximum atomic E-state index is 11.8. The van der Waals surface area contributed by atoms with E-state index in [1.54, 1.807) is 18.2 Å². The lowest BCUT2D eigenvalue weighted by Gasteiger charge is -2.20. The number of furan rings is 1. The molecule has 2 aromatic rings. The van der Waals surface area contributed by atoms with Crippen LogP contribution in [0.15, 0.2) is 39.6 Å². The van der Waals surface area contributed by atoms with Crippen molar-refractivity contribution in [3.63, 3.8) is 0 Å². The zero-order valence-electron chi connectivity index (χ0n) is 14.1. The van der Waals surface area contributed by atoms with Crippen LogP contribution in [0.4, 0.5) is 0 Å². The van der Waals surface area contributed by atoms with Crippen molar-refractivity contribution in [3.05, 3.63) is 47.4 Å². The van der Waals surface area contributed by atoms with Crippen molar-refractivity contribution < 1.29 is 17.6 Å². The van der Waals surface area contributed by atoms with Gasteiger partial charge in [-0.3, -0.25) is 0 Å². The van der Waals surface area contributed by atoms with Gasteiger partial charge in [0.1, 0.15) is 22.2 Å². The minimum atomic E-state index is -3.31. The summed E-state index contributed by atoms with van der Waals surface area (Å²) in [6.45, 7) is 5.95. The highest BCUT2D eigenvalue weighted by Crippen LogP contribution is 2.28. The van der Waals surface area contributed by atoms with Crippen LogP contribution in [0.5, 0.6) is 5.75 Å².